The Kier molecular flexibility index (Phi) is 9.62. The van der Waals surface area contributed by atoms with Crippen LogP contribution in [0, 0.1) is 0 Å². The number of nitrogens with one attached hydrogen (secondary N) is 2. The number of aliphatic imine (C=N–C) groups is 1. The van der Waals surface area contributed by atoms with E-state index in [-0.39, 0.29) is 31.5 Å². The summed E-state index contributed by atoms with van der Waals surface area (Å²) in [6.45, 7) is 4.15. The number of hydrogen-bond acceptors (Lipinski definition) is 7. The maximum Gasteiger partial charge on any atom is 0.411 e. The first kappa shape index (κ1) is 33.6. The van der Waals surface area contributed by atoms with Gasteiger partial charge in [-0.15, -0.1) is 0 Å². The number of aromatic nitrogens is 1. The van der Waals surface area contributed by atoms with Crippen molar-refractivity contribution in [2.24, 2.45) is 4.99 Å². The Morgan fingerprint density at radius 3 is 2.33 bits per heavy atom. The van der Waals surface area contributed by atoms with Gasteiger partial charge in [-0.1, -0.05) is 12.2 Å². The molecular formula is C26H32F7N5O3S. The molecule has 0 spiro atoms. The van der Waals surface area contributed by atoms with E-state index >= 15 is 0 Å². The summed E-state index contributed by atoms with van der Waals surface area (Å²) in [5.74, 6) is -5.65. The minimum absolute atomic E-state index is 0.218. The molecule has 2 heterocycles. The number of hydrogen-bond donors (Lipinski definition) is 3. The predicted molar refractivity (Wildman–Crippen MR) is 144 cm³/mol. The number of alkyl halides is 7. The highest BCUT2D eigenvalue weighted by Crippen LogP contribution is 2.47. The molecule has 1 unspecified atom stereocenters. The van der Waals surface area contributed by atoms with Crippen LogP contribution in [0.5, 0.6) is 0 Å². The number of carbonyl (C=O) groups excluding carboxylic acids is 2. The Labute approximate surface area is 243 Å². The van der Waals surface area contributed by atoms with E-state index in [2.05, 4.69) is 20.6 Å². The molecule has 1 aliphatic carbocycles. The summed E-state index contributed by atoms with van der Waals surface area (Å²) in [5.41, 5.74) is -5.36. The molecule has 42 heavy (non-hydrogen) atoms. The normalized spacial score (nSPS) is 21.1. The lowest BCUT2D eigenvalue weighted by atomic mass is 9.76. The van der Waals surface area contributed by atoms with Gasteiger partial charge < -0.3 is 20.6 Å². The van der Waals surface area contributed by atoms with Crippen molar-refractivity contribution in [3.63, 3.8) is 0 Å². The van der Waals surface area contributed by atoms with E-state index in [9.17, 15) is 45.4 Å². The number of pyridine rings is 1. The van der Waals surface area contributed by atoms with Crippen LogP contribution >= 0.6 is 12.2 Å². The lowest BCUT2D eigenvalue weighted by Crippen LogP contribution is -2.57. The van der Waals surface area contributed by atoms with Crippen molar-refractivity contribution in [1.82, 2.24) is 15.2 Å². The van der Waals surface area contributed by atoms with Crippen LogP contribution in [0.25, 0.3) is 0 Å². The smallest absolute Gasteiger partial charge is 0.389 e. The lowest BCUT2D eigenvalue weighted by molar-refractivity contribution is -0.198. The van der Waals surface area contributed by atoms with Crippen molar-refractivity contribution in [3.8, 4) is 0 Å². The number of halogens is 7. The first-order chi connectivity index (χ1) is 19.2. The summed E-state index contributed by atoms with van der Waals surface area (Å²) in [4.78, 5) is 34.2. The minimum atomic E-state index is -4.67. The molecule has 0 radical (unpaired) electrons. The monoisotopic (exact) mass is 627 g/mol. The van der Waals surface area contributed by atoms with Crippen LogP contribution in [0.15, 0.2) is 17.3 Å². The Balaban J connectivity index is 2.01. The molecule has 16 heteroatoms. The van der Waals surface area contributed by atoms with E-state index in [0.29, 0.717) is 6.07 Å². The van der Waals surface area contributed by atoms with Gasteiger partial charge >= 0.3 is 6.18 Å². The fraction of sp³-hybridized carbons (Fsp3) is 0.654. The van der Waals surface area contributed by atoms with Crippen molar-refractivity contribution in [2.45, 2.75) is 95.1 Å². The second-order valence-electron chi connectivity index (χ2n) is 11.4. The van der Waals surface area contributed by atoms with Gasteiger partial charge in [0.15, 0.2) is 6.04 Å². The Morgan fingerprint density at radius 2 is 1.88 bits per heavy atom. The van der Waals surface area contributed by atoms with Crippen molar-refractivity contribution >= 4 is 40.4 Å². The van der Waals surface area contributed by atoms with Crippen molar-refractivity contribution in [1.29, 1.82) is 0 Å². The summed E-state index contributed by atoms with van der Waals surface area (Å²) in [5, 5.41) is 14.4. The zero-order valence-electron chi connectivity index (χ0n) is 23.3. The van der Waals surface area contributed by atoms with Gasteiger partial charge in [0.2, 0.25) is 0 Å². The molecule has 8 nitrogen and oxygen atoms in total. The van der Waals surface area contributed by atoms with E-state index in [1.54, 1.807) is 0 Å². The number of carbonyl (C=O) groups is 2. The number of rotatable bonds is 10. The maximum absolute atomic E-state index is 14.2. The number of likely N-dealkylation sites (tertiary alicyclic amines) is 1. The van der Waals surface area contributed by atoms with E-state index < -0.39 is 88.3 Å². The molecule has 1 aromatic rings. The number of thiocarbonyl (C=S) groups is 1. The number of aliphatic hydroxyl groups is 1. The van der Waals surface area contributed by atoms with Crippen LogP contribution in [0.1, 0.15) is 70.9 Å². The molecule has 2 amide bonds. The van der Waals surface area contributed by atoms with E-state index in [0.717, 1.165) is 11.1 Å². The van der Waals surface area contributed by atoms with Gasteiger partial charge in [0.05, 0.1) is 22.7 Å². The highest BCUT2D eigenvalue weighted by atomic mass is 32.1. The molecule has 234 valence electrons. The standard InChI is InChI=1S/C26H32F7N5O3S/c1-13-9-25(29,30)12-38(13)22(40)18(36-14(2)21(39)35-11-23(3,4)41)19(42)16-10-34-17(8-15(16)20(27)28)37-24(6-5-7-24)26(31,32)33/h8,10,13,18,20,41H,5-7,9,11-12H2,1-4H3,(H,34,37)(H,35,39)/b36-14+/t13-,18?/m0/s1. The largest absolute Gasteiger partial charge is 0.411 e. The molecule has 1 saturated carbocycles. The van der Waals surface area contributed by atoms with Crippen LogP contribution in [0.4, 0.5) is 36.6 Å². The van der Waals surface area contributed by atoms with E-state index in [1.165, 1.54) is 27.7 Å². The maximum atomic E-state index is 14.2. The minimum Gasteiger partial charge on any atom is -0.389 e. The predicted octanol–water partition coefficient (Wildman–Crippen LogP) is 4.61. The van der Waals surface area contributed by atoms with Crippen LogP contribution in [0.3, 0.4) is 0 Å². The van der Waals surface area contributed by atoms with Gasteiger partial charge in [0.1, 0.15) is 11.4 Å². The average molecular weight is 628 g/mol. The van der Waals surface area contributed by atoms with Gasteiger partial charge in [0.25, 0.3) is 24.2 Å². The number of amides is 2. The lowest BCUT2D eigenvalue weighted by Gasteiger charge is -2.44. The molecule has 1 aliphatic heterocycles. The summed E-state index contributed by atoms with van der Waals surface area (Å²) in [6, 6.07) is -2.17. The third kappa shape index (κ3) is 7.54. The quantitative estimate of drug-likeness (QED) is 0.152. The van der Waals surface area contributed by atoms with Gasteiger partial charge in [0, 0.05) is 36.3 Å². The summed E-state index contributed by atoms with van der Waals surface area (Å²) >= 11 is 5.34. The molecule has 2 fully saturated rings. The third-order valence-corrected chi connectivity index (χ3v) is 7.62. The van der Waals surface area contributed by atoms with Crippen molar-refractivity contribution in [2.75, 3.05) is 18.4 Å². The van der Waals surface area contributed by atoms with Crippen LogP contribution in [-0.2, 0) is 9.59 Å². The Bertz CT molecular complexity index is 1250. The molecule has 2 atom stereocenters. The molecule has 3 N–H and O–H groups in total. The highest BCUT2D eigenvalue weighted by Gasteiger charge is 2.58. The topological polar surface area (TPSA) is 107 Å². The first-order valence-electron chi connectivity index (χ1n) is 13.1. The molecule has 2 aliphatic rings. The Morgan fingerprint density at radius 1 is 1.26 bits per heavy atom. The number of nitrogens with zero attached hydrogens (tertiary/aromatic N) is 3. The van der Waals surface area contributed by atoms with E-state index in [4.69, 9.17) is 12.2 Å². The number of anilines is 1. The fourth-order valence-corrected chi connectivity index (χ4v) is 5.02. The zero-order chi connectivity index (χ0) is 31.8. The summed E-state index contributed by atoms with van der Waals surface area (Å²) in [7, 11) is 0. The summed E-state index contributed by atoms with van der Waals surface area (Å²) in [6.07, 6.45) is -8.13. The van der Waals surface area contributed by atoms with Gasteiger partial charge in [-0.25, -0.2) is 22.5 Å². The molecular weight excluding hydrogens is 595 g/mol. The van der Waals surface area contributed by atoms with Crippen LogP contribution in [-0.4, -0.2) is 85.8 Å². The second-order valence-corrected chi connectivity index (χ2v) is 11.8. The molecule has 1 saturated heterocycles. The molecule has 1 aromatic heterocycles. The summed E-state index contributed by atoms with van der Waals surface area (Å²) < 4.78 is 97.5. The SMILES string of the molecule is C/C(=N\C(C(=O)N1CC(F)(F)C[C@@H]1C)C(=S)c1cnc(NC2(C(F)(F)F)CCC2)cc1C(F)F)C(=O)NCC(C)(C)O. The van der Waals surface area contributed by atoms with Crippen molar-refractivity contribution < 1.29 is 45.4 Å². The van der Waals surface area contributed by atoms with Gasteiger partial charge in [-0.3, -0.25) is 14.6 Å². The second kappa shape index (κ2) is 12.0. The Hall–Kier alpha value is -2.88. The van der Waals surface area contributed by atoms with E-state index in [1.807, 2.05) is 0 Å². The highest BCUT2D eigenvalue weighted by molar-refractivity contribution is 7.81. The first-order valence-corrected chi connectivity index (χ1v) is 13.5. The average Bonchev–Trinajstić information content (AvgIpc) is 3.12. The zero-order valence-corrected chi connectivity index (χ0v) is 24.1. The molecule has 0 aromatic carbocycles. The molecule has 3 rings (SSSR count). The van der Waals surface area contributed by atoms with Crippen LogP contribution in [0.2, 0.25) is 0 Å². The molecule has 0 bridgehead atoms. The van der Waals surface area contributed by atoms with Crippen molar-refractivity contribution in [3.05, 3.63) is 23.4 Å². The third-order valence-electron chi connectivity index (χ3n) is 7.18. The van der Waals surface area contributed by atoms with Crippen LogP contribution < -0.4 is 10.6 Å². The fourth-order valence-electron chi connectivity index (χ4n) is 4.69. The van der Waals surface area contributed by atoms with Gasteiger partial charge in [-0.05, 0) is 53.0 Å². The van der Waals surface area contributed by atoms with Gasteiger partial charge in [-0.2, -0.15) is 13.2 Å².